The molecule has 194 valence electrons. The van der Waals surface area contributed by atoms with E-state index in [1.165, 1.54) is 12.0 Å². The van der Waals surface area contributed by atoms with Gasteiger partial charge in [-0.1, -0.05) is 57.0 Å². The second kappa shape index (κ2) is 14.8. The molecule has 0 aromatic heterocycles. The van der Waals surface area contributed by atoms with Crippen LogP contribution in [0.25, 0.3) is 6.08 Å². The molecule has 1 aromatic carbocycles. The number of methoxy groups -OCH3 is 1. The topological polar surface area (TPSA) is 114 Å². The zero-order chi connectivity index (χ0) is 26.4. The molecule has 0 aliphatic carbocycles. The Labute approximate surface area is 208 Å². The summed E-state index contributed by atoms with van der Waals surface area (Å²) in [6.07, 6.45) is 4.47. The van der Waals surface area contributed by atoms with Gasteiger partial charge in [0.05, 0.1) is 7.11 Å². The molecule has 1 atom stereocenters. The van der Waals surface area contributed by atoms with E-state index in [-0.39, 0.29) is 13.1 Å². The number of carbonyl (C=O) groups excluding carboxylic acids is 4. The van der Waals surface area contributed by atoms with Gasteiger partial charge in [-0.2, -0.15) is 0 Å². The number of esters is 1. The molecule has 3 amide bonds. The van der Waals surface area contributed by atoms with Crippen LogP contribution in [-0.4, -0.2) is 61.1 Å². The number of carbonyl (C=O) groups is 4. The summed E-state index contributed by atoms with van der Waals surface area (Å²) >= 11 is 0. The van der Waals surface area contributed by atoms with Crippen LogP contribution in [-0.2, 0) is 23.9 Å². The Balaban J connectivity index is 3.25. The molecular formula is C26H39N3O6. The summed E-state index contributed by atoms with van der Waals surface area (Å²) in [5.74, 6) is -1.59. The van der Waals surface area contributed by atoms with E-state index in [1.54, 1.807) is 45.0 Å². The van der Waals surface area contributed by atoms with Crippen molar-refractivity contribution in [1.82, 2.24) is 15.5 Å². The van der Waals surface area contributed by atoms with E-state index in [0.717, 1.165) is 24.8 Å². The fraction of sp³-hybridized carbons (Fsp3) is 0.538. The third kappa shape index (κ3) is 11.1. The third-order valence-electron chi connectivity index (χ3n) is 5.01. The molecule has 2 N–H and O–H groups in total. The number of ether oxygens (including phenoxy) is 2. The highest BCUT2D eigenvalue weighted by Gasteiger charge is 2.32. The van der Waals surface area contributed by atoms with Crippen LogP contribution in [0.15, 0.2) is 30.8 Å². The maximum absolute atomic E-state index is 13.3. The lowest BCUT2D eigenvalue weighted by Gasteiger charge is -2.32. The fourth-order valence-corrected chi connectivity index (χ4v) is 3.33. The Bertz CT molecular complexity index is 878. The van der Waals surface area contributed by atoms with E-state index < -0.39 is 35.5 Å². The van der Waals surface area contributed by atoms with Crippen molar-refractivity contribution >= 4 is 30.0 Å². The van der Waals surface area contributed by atoms with Gasteiger partial charge in [-0.25, -0.2) is 4.79 Å². The molecule has 0 aliphatic heterocycles. The van der Waals surface area contributed by atoms with Crippen molar-refractivity contribution in [2.75, 3.05) is 26.7 Å². The van der Waals surface area contributed by atoms with Crippen molar-refractivity contribution in [2.45, 2.75) is 65.0 Å². The maximum Gasteiger partial charge on any atom is 0.408 e. The first-order valence-corrected chi connectivity index (χ1v) is 11.9. The van der Waals surface area contributed by atoms with E-state index >= 15 is 0 Å². The maximum atomic E-state index is 13.3. The SMILES string of the molecule is C=Cc1cccc(C(C(=O)NCC(=O)OC)N(CCCCCC)C(=O)CNC(=O)OC(C)(C)C)c1. The van der Waals surface area contributed by atoms with Crippen LogP contribution in [0.4, 0.5) is 4.79 Å². The molecule has 0 saturated heterocycles. The van der Waals surface area contributed by atoms with Gasteiger partial charge in [-0.05, 0) is 44.4 Å². The van der Waals surface area contributed by atoms with E-state index in [9.17, 15) is 19.2 Å². The number of benzene rings is 1. The molecule has 0 heterocycles. The predicted molar refractivity (Wildman–Crippen MR) is 134 cm³/mol. The average Bonchev–Trinajstić information content (AvgIpc) is 2.81. The number of nitrogens with one attached hydrogen (secondary N) is 2. The minimum atomic E-state index is -1.02. The molecule has 1 aromatic rings. The highest BCUT2D eigenvalue weighted by Crippen LogP contribution is 2.24. The summed E-state index contributed by atoms with van der Waals surface area (Å²) < 4.78 is 9.84. The number of hydrogen-bond acceptors (Lipinski definition) is 6. The highest BCUT2D eigenvalue weighted by molar-refractivity contribution is 5.92. The minimum absolute atomic E-state index is 0.295. The normalized spacial score (nSPS) is 11.7. The Kier molecular flexibility index (Phi) is 12.6. The summed E-state index contributed by atoms with van der Waals surface area (Å²) in [7, 11) is 1.23. The van der Waals surface area contributed by atoms with E-state index in [0.29, 0.717) is 18.5 Å². The van der Waals surface area contributed by atoms with Crippen molar-refractivity contribution < 1.29 is 28.7 Å². The minimum Gasteiger partial charge on any atom is -0.468 e. The zero-order valence-corrected chi connectivity index (χ0v) is 21.5. The van der Waals surface area contributed by atoms with Gasteiger partial charge in [-0.3, -0.25) is 14.4 Å². The van der Waals surface area contributed by atoms with Crippen LogP contribution in [0.5, 0.6) is 0 Å². The highest BCUT2D eigenvalue weighted by atomic mass is 16.6. The third-order valence-corrected chi connectivity index (χ3v) is 5.01. The lowest BCUT2D eigenvalue weighted by Crippen LogP contribution is -2.48. The molecule has 1 unspecified atom stereocenters. The summed E-state index contributed by atoms with van der Waals surface area (Å²) in [5.41, 5.74) is 0.624. The Morgan fingerprint density at radius 3 is 2.40 bits per heavy atom. The zero-order valence-electron chi connectivity index (χ0n) is 21.5. The predicted octanol–water partition coefficient (Wildman–Crippen LogP) is 3.59. The standard InChI is InChI=1S/C26H39N3O6/c1-7-9-10-11-15-29(21(30)17-28-25(33)35-26(3,4)5)23(24(32)27-18-22(31)34-6)20-14-12-13-19(8-2)16-20/h8,12-14,16,23H,2,7,9-11,15,17-18H2,1,3-6H3,(H,27,32)(H,28,33). The number of rotatable bonds is 13. The fourth-order valence-electron chi connectivity index (χ4n) is 3.33. The first-order valence-electron chi connectivity index (χ1n) is 11.9. The van der Waals surface area contributed by atoms with Gasteiger partial charge >= 0.3 is 12.1 Å². The Hall–Kier alpha value is -3.36. The number of hydrogen-bond donors (Lipinski definition) is 2. The van der Waals surface area contributed by atoms with E-state index in [4.69, 9.17) is 4.74 Å². The van der Waals surface area contributed by atoms with Crippen molar-refractivity contribution in [2.24, 2.45) is 0 Å². The van der Waals surface area contributed by atoms with E-state index in [1.807, 2.05) is 6.07 Å². The number of alkyl carbamates (subject to hydrolysis) is 1. The monoisotopic (exact) mass is 489 g/mol. The molecule has 0 bridgehead atoms. The van der Waals surface area contributed by atoms with Gasteiger partial charge < -0.3 is 25.0 Å². The molecule has 0 saturated carbocycles. The van der Waals surface area contributed by atoms with Crippen LogP contribution in [0.2, 0.25) is 0 Å². The Morgan fingerprint density at radius 2 is 1.80 bits per heavy atom. The molecule has 0 spiro atoms. The average molecular weight is 490 g/mol. The molecule has 0 aliphatic rings. The second-order valence-corrected chi connectivity index (χ2v) is 9.07. The van der Waals surface area contributed by atoms with Gasteiger partial charge in [0.15, 0.2) is 0 Å². The van der Waals surface area contributed by atoms with Crippen LogP contribution in [0, 0.1) is 0 Å². The lowest BCUT2D eigenvalue weighted by atomic mass is 10.0. The number of unbranched alkanes of at least 4 members (excludes halogenated alkanes) is 3. The number of nitrogens with zero attached hydrogens (tertiary/aromatic N) is 1. The lowest BCUT2D eigenvalue weighted by molar-refractivity contribution is -0.143. The first kappa shape index (κ1) is 29.7. The quantitative estimate of drug-likeness (QED) is 0.323. The van der Waals surface area contributed by atoms with Crippen LogP contribution in [0.3, 0.4) is 0 Å². The van der Waals surface area contributed by atoms with Crippen LogP contribution < -0.4 is 10.6 Å². The van der Waals surface area contributed by atoms with Gasteiger partial charge in [0, 0.05) is 6.54 Å². The number of amides is 3. The van der Waals surface area contributed by atoms with Gasteiger partial charge in [0.2, 0.25) is 11.8 Å². The molecule has 0 fully saturated rings. The van der Waals surface area contributed by atoms with Gasteiger partial charge in [0.1, 0.15) is 24.7 Å². The smallest absolute Gasteiger partial charge is 0.408 e. The molecule has 9 nitrogen and oxygen atoms in total. The Morgan fingerprint density at radius 1 is 1.09 bits per heavy atom. The molecule has 35 heavy (non-hydrogen) atoms. The van der Waals surface area contributed by atoms with Gasteiger partial charge in [-0.15, -0.1) is 0 Å². The van der Waals surface area contributed by atoms with Crippen molar-refractivity contribution in [3.05, 3.63) is 42.0 Å². The summed E-state index contributed by atoms with van der Waals surface area (Å²) in [6, 6.07) is 6.09. The largest absolute Gasteiger partial charge is 0.468 e. The van der Waals surface area contributed by atoms with Crippen LogP contribution >= 0.6 is 0 Å². The van der Waals surface area contributed by atoms with Crippen molar-refractivity contribution in [3.63, 3.8) is 0 Å². The van der Waals surface area contributed by atoms with Crippen molar-refractivity contribution in [3.8, 4) is 0 Å². The summed E-state index contributed by atoms with van der Waals surface area (Å²) in [6.45, 7) is 10.6. The summed E-state index contributed by atoms with van der Waals surface area (Å²) in [4.78, 5) is 51.7. The first-order chi connectivity index (χ1) is 16.5. The van der Waals surface area contributed by atoms with Crippen LogP contribution in [0.1, 0.15) is 70.5 Å². The second-order valence-electron chi connectivity index (χ2n) is 9.07. The summed E-state index contributed by atoms with van der Waals surface area (Å²) in [5, 5.41) is 5.03. The molecule has 0 radical (unpaired) electrons. The molecule has 1 rings (SSSR count). The van der Waals surface area contributed by atoms with Gasteiger partial charge in [0.25, 0.3) is 0 Å². The van der Waals surface area contributed by atoms with Crippen molar-refractivity contribution in [1.29, 1.82) is 0 Å². The molecule has 9 heteroatoms. The van der Waals surface area contributed by atoms with E-state index in [2.05, 4.69) is 28.9 Å². The molecular weight excluding hydrogens is 450 g/mol.